The average Bonchev–Trinajstić information content (AvgIpc) is 2.95. The number of amides is 1. The van der Waals surface area contributed by atoms with Crippen molar-refractivity contribution < 1.29 is 4.79 Å². The van der Waals surface area contributed by atoms with E-state index < -0.39 is 0 Å². The Morgan fingerprint density at radius 1 is 1.53 bits per heavy atom. The molecule has 80 valence electrons. The zero-order chi connectivity index (χ0) is 10.9. The number of nitrogens with zero attached hydrogens (tertiary/aromatic N) is 1. The fourth-order valence-electron chi connectivity index (χ4n) is 1.42. The van der Waals surface area contributed by atoms with E-state index in [0.717, 1.165) is 5.69 Å². The second-order valence-corrected chi connectivity index (χ2v) is 4.19. The molecular weight excluding hydrogens is 190 g/mol. The third-order valence-corrected chi connectivity index (χ3v) is 2.67. The summed E-state index contributed by atoms with van der Waals surface area (Å²) in [6.45, 7) is 2.17. The average molecular weight is 205 g/mol. The summed E-state index contributed by atoms with van der Waals surface area (Å²) in [6.07, 6.45) is 4.02. The van der Waals surface area contributed by atoms with Gasteiger partial charge in [-0.3, -0.25) is 9.78 Å². The van der Waals surface area contributed by atoms with Gasteiger partial charge in [-0.2, -0.15) is 0 Å². The molecule has 4 nitrogen and oxygen atoms in total. The first kappa shape index (κ1) is 9.96. The summed E-state index contributed by atoms with van der Waals surface area (Å²) in [5.41, 5.74) is 1.64. The minimum Gasteiger partial charge on any atom is -0.380 e. The Balaban J connectivity index is 2.15. The highest BCUT2D eigenvalue weighted by atomic mass is 16.1. The first-order chi connectivity index (χ1) is 7.13. The monoisotopic (exact) mass is 205 g/mol. The lowest BCUT2D eigenvalue weighted by atomic mass is 10.2. The Bertz CT molecular complexity index is 385. The van der Waals surface area contributed by atoms with E-state index in [2.05, 4.69) is 22.5 Å². The van der Waals surface area contributed by atoms with Gasteiger partial charge in [-0.05, 0) is 31.9 Å². The molecule has 0 unspecified atom stereocenters. The summed E-state index contributed by atoms with van der Waals surface area (Å²) in [4.78, 5) is 15.4. The second-order valence-electron chi connectivity index (χ2n) is 4.19. The van der Waals surface area contributed by atoms with E-state index in [1.54, 1.807) is 19.3 Å². The van der Waals surface area contributed by atoms with Crippen molar-refractivity contribution in [2.45, 2.75) is 25.3 Å². The standard InChI is InChI=1S/C11H15N3O/c1-11(4-5-11)14-8-3-6-13-9(7-8)10(15)12-2/h3,6-7H,4-5H2,1-2H3,(H,12,15)(H,13,14). The summed E-state index contributed by atoms with van der Waals surface area (Å²) < 4.78 is 0. The summed E-state index contributed by atoms with van der Waals surface area (Å²) in [6, 6.07) is 3.67. The van der Waals surface area contributed by atoms with Gasteiger partial charge in [-0.15, -0.1) is 0 Å². The third kappa shape index (κ3) is 2.26. The van der Waals surface area contributed by atoms with Gasteiger partial charge >= 0.3 is 0 Å². The zero-order valence-corrected chi connectivity index (χ0v) is 9.00. The van der Waals surface area contributed by atoms with Crippen LogP contribution in [0.2, 0.25) is 0 Å². The quantitative estimate of drug-likeness (QED) is 0.784. The molecule has 1 saturated carbocycles. The number of hydrogen-bond acceptors (Lipinski definition) is 3. The fraction of sp³-hybridized carbons (Fsp3) is 0.455. The van der Waals surface area contributed by atoms with Crippen LogP contribution in [0.1, 0.15) is 30.3 Å². The van der Waals surface area contributed by atoms with Gasteiger partial charge in [-0.1, -0.05) is 0 Å². The molecule has 1 aromatic heterocycles. The van der Waals surface area contributed by atoms with Gasteiger partial charge in [0, 0.05) is 24.5 Å². The van der Waals surface area contributed by atoms with Crippen LogP contribution in [0.4, 0.5) is 5.69 Å². The van der Waals surface area contributed by atoms with Gasteiger partial charge in [0.2, 0.25) is 0 Å². The zero-order valence-electron chi connectivity index (χ0n) is 9.00. The smallest absolute Gasteiger partial charge is 0.269 e. The molecule has 15 heavy (non-hydrogen) atoms. The predicted octanol–water partition coefficient (Wildman–Crippen LogP) is 1.41. The lowest BCUT2D eigenvalue weighted by Gasteiger charge is -2.13. The molecule has 2 N–H and O–H groups in total. The van der Waals surface area contributed by atoms with Crippen LogP contribution in [0.15, 0.2) is 18.3 Å². The normalized spacial score (nSPS) is 16.9. The van der Waals surface area contributed by atoms with E-state index >= 15 is 0 Å². The van der Waals surface area contributed by atoms with Crippen LogP contribution >= 0.6 is 0 Å². The topological polar surface area (TPSA) is 54.0 Å². The third-order valence-electron chi connectivity index (χ3n) is 2.67. The van der Waals surface area contributed by atoms with Gasteiger partial charge in [0.25, 0.3) is 5.91 Å². The molecule has 1 amide bonds. The number of nitrogens with one attached hydrogen (secondary N) is 2. The maximum Gasteiger partial charge on any atom is 0.269 e. The first-order valence-electron chi connectivity index (χ1n) is 5.09. The van der Waals surface area contributed by atoms with Crippen molar-refractivity contribution in [2.75, 3.05) is 12.4 Å². The molecule has 0 aliphatic heterocycles. The number of anilines is 1. The molecule has 1 fully saturated rings. The maximum absolute atomic E-state index is 11.3. The van der Waals surface area contributed by atoms with E-state index in [1.807, 2.05) is 6.07 Å². The van der Waals surface area contributed by atoms with Crippen molar-refractivity contribution in [3.05, 3.63) is 24.0 Å². The van der Waals surface area contributed by atoms with Crippen LogP contribution in [0.25, 0.3) is 0 Å². The predicted molar refractivity (Wildman–Crippen MR) is 58.9 cm³/mol. The van der Waals surface area contributed by atoms with E-state index in [0.29, 0.717) is 5.69 Å². The number of carbonyl (C=O) groups excluding carboxylic acids is 1. The highest BCUT2D eigenvalue weighted by Gasteiger charge is 2.37. The Morgan fingerprint density at radius 2 is 2.27 bits per heavy atom. The number of carbonyl (C=O) groups is 1. The molecule has 1 aliphatic carbocycles. The van der Waals surface area contributed by atoms with E-state index in [4.69, 9.17) is 0 Å². The van der Waals surface area contributed by atoms with Crippen LogP contribution < -0.4 is 10.6 Å². The lowest BCUT2D eigenvalue weighted by molar-refractivity contribution is 0.0958. The molecule has 0 aromatic carbocycles. The second kappa shape index (κ2) is 3.53. The molecule has 0 atom stereocenters. The molecule has 1 aromatic rings. The number of aromatic nitrogens is 1. The van der Waals surface area contributed by atoms with Crippen molar-refractivity contribution in [1.82, 2.24) is 10.3 Å². The molecule has 0 bridgehead atoms. The number of rotatable bonds is 3. The fourth-order valence-corrected chi connectivity index (χ4v) is 1.42. The van der Waals surface area contributed by atoms with Gasteiger partial charge in [-0.25, -0.2) is 0 Å². The minimum absolute atomic E-state index is 0.153. The maximum atomic E-state index is 11.3. The molecule has 0 spiro atoms. The van der Waals surface area contributed by atoms with Crippen LogP contribution in [0.3, 0.4) is 0 Å². The van der Waals surface area contributed by atoms with Gasteiger partial charge in [0.1, 0.15) is 5.69 Å². The molecule has 0 saturated heterocycles. The van der Waals surface area contributed by atoms with Crippen molar-refractivity contribution >= 4 is 11.6 Å². The molecular formula is C11H15N3O. The van der Waals surface area contributed by atoms with Crippen molar-refractivity contribution in [1.29, 1.82) is 0 Å². The van der Waals surface area contributed by atoms with E-state index in [9.17, 15) is 4.79 Å². The van der Waals surface area contributed by atoms with Crippen LogP contribution in [-0.4, -0.2) is 23.5 Å². The highest BCUT2D eigenvalue weighted by molar-refractivity contribution is 5.92. The molecule has 1 heterocycles. The number of hydrogen-bond donors (Lipinski definition) is 2. The van der Waals surface area contributed by atoms with Gasteiger partial charge in [0.05, 0.1) is 0 Å². The highest BCUT2D eigenvalue weighted by Crippen LogP contribution is 2.37. The molecule has 1 aliphatic rings. The lowest BCUT2D eigenvalue weighted by Crippen LogP contribution is -2.20. The van der Waals surface area contributed by atoms with Crippen LogP contribution in [0, 0.1) is 0 Å². The van der Waals surface area contributed by atoms with Crippen LogP contribution in [0.5, 0.6) is 0 Å². The summed E-state index contributed by atoms with van der Waals surface area (Å²) in [5, 5.41) is 5.95. The van der Waals surface area contributed by atoms with Crippen molar-refractivity contribution in [2.24, 2.45) is 0 Å². The molecule has 0 radical (unpaired) electrons. The van der Waals surface area contributed by atoms with Crippen LogP contribution in [-0.2, 0) is 0 Å². The Labute approximate surface area is 89.1 Å². The minimum atomic E-state index is -0.153. The van der Waals surface area contributed by atoms with Gasteiger partial charge < -0.3 is 10.6 Å². The number of pyridine rings is 1. The van der Waals surface area contributed by atoms with Crippen molar-refractivity contribution in [3.63, 3.8) is 0 Å². The molecule has 2 rings (SSSR count). The Kier molecular flexibility index (Phi) is 2.34. The summed E-state index contributed by atoms with van der Waals surface area (Å²) in [7, 11) is 1.60. The summed E-state index contributed by atoms with van der Waals surface area (Å²) >= 11 is 0. The van der Waals surface area contributed by atoms with Crippen molar-refractivity contribution in [3.8, 4) is 0 Å². The van der Waals surface area contributed by atoms with E-state index in [-0.39, 0.29) is 11.4 Å². The molecule has 4 heteroatoms. The Hall–Kier alpha value is -1.58. The van der Waals surface area contributed by atoms with Gasteiger partial charge in [0.15, 0.2) is 0 Å². The Morgan fingerprint density at radius 3 is 2.87 bits per heavy atom. The SMILES string of the molecule is CNC(=O)c1cc(NC2(C)CC2)ccn1. The summed E-state index contributed by atoms with van der Waals surface area (Å²) in [5.74, 6) is -0.153. The van der Waals surface area contributed by atoms with E-state index in [1.165, 1.54) is 12.8 Å². The first-order valence-corrected chi connectivity index (χ1v) is 5.09. The largest absolute Gasteiger partial charge is 0.380 e.